The molecule has 5 nitrogen and oxygen atoms in total. The summed E-state index contributed by atoms with van der Waals surface area (Å²) in [7, 11) is 0. The Balaban J connectivity index is 1.51. The minimum absolute atomic E-state index is 0.602. The summed E-state index contributed by atoms with van der Waals surface area (Å²) >= 11 is 0. The van der Waals surface area contributed by atoms with Crippen LogP contribution in [0, 0.1) is 0 Å². The van der Waals surface area contributed by atoms with Crippen molar-refractivity contribution in [3.05, 3.63) is 54.5 Å². The number of halogens is 3. The van der Waals surface area contributed by atoms with Crippen molar-refractivity contribution in [2.75, 3.05) is 36.0 Å². The van der Waals surface area contributed by atoms with Crippen LogP contribution < -0.4 is 9.80 Å². The Bertz CT molecular complexity index is 881. The first kappa shape index (κ1) is 15.7. The molecule has 2 aromatic heterocycles. The van der Waals surface area contributed by atoms with E-state index in [2.05, 4.69) is 15.0 Å². The number of nitrogens with zero attached hydrogens (tertiary/aromatic N) is 5. The molecule has 0 N–H and O–H groups in total. The molecule has 0 spiro atoms. The van der Waals surface area contributed by atoms with E-state index in [-0.39, 0.29) is 0 Å². The Labute approximate surface area is 142 Å². The van der Waals surface area contributed by atoms with Crippen LogP contribution >= 0.6 is 0 Å². The molecule has 1 aliphatic heterocycles. The van der Waals surface area contributed by atoms with Crippen molar-refractivity contribution in [1.82, 2.24) is 14.6 Å². The Kier molecular flexibility index (Phi) is 3.74. The summed E-state index contributed by atoms with van der Waals surface area (Å²) in [5.74, 6) is 0.851. The van der Waals surface area contributed by atoms with Crippen LogP contribution in [0.5, 0.6) is 0 Å². The molecular weight excluding hydrogens is 331 g/mol. The van der Waals surface area contributed by atoms with Gasteiger partial charge in [0.1, 0.15) is 5.52 Å². The van der Waals surface area contributed by atoms with Gasteiger partial charge in [0, 0.05) is 44.3 Å². The van der Waals surface area contributed by atoms with E-state index in [1.165, 1.54) is 12.1 Å². The molecule has 1 fully saturated rings. The second kappa shape index (κ2) is 5.94. The van der Waals surface area contributed by atoms with Crippen LogP contribution in [0.3, 0.4) is 0 Å². The number of piperazine rings is 1. The number of aromatic nitrogens is 3. The Hall–Kier alpha value is -2.77. The summed E-state index contributed by atoms with van der Waals surface area (Å²) in [6.45, 7) is 2.65. The fraction of sp³-hybridized carbons (Fsp3) is 0.294. The highest BCUT2D eigenvalue weighted by atomic mass is 19.4. The van der Waals surface area contributed by atoms with Crippen LogP contribution in [0.15, 0.2) is 48.9 Å². The Morgan fingerprint density at radius 1 is 0.920 bits per heavy atom. The van der Waals surface area contributed by atoms with E-state index in [9.17, 15) is 13.2 Å². The number of hydrogen-bond donors (Lipinski definition) is 0. The zero-order valence-electron chi connectivity index (χ0n) is 13.3. The third kappa shape index (κ3) is 2.99. The topological polar surface area (TPSA) is 36.7 Å². The number of rotatable bonds is 2. The summed E-state index contributed by atoms with van der Waals surface area (Å²) in [4.78, 5) is 8.56. The molecule has 25 heavy (non-hydrogen) atoms. The summed E-state index contributed by atoms with van der Waals surface area (Å²) in [6.07, 6.45) is 0.894. The van der Waals surface area contributed by atoms with E-state index in [4.69, 9.17) is 0 Å². The van der Waals surface area contributed by atoms with Crippen LogP contribution in [-0.2, 0) is 6.18 Å². The average Bonchev–Trinajstić information content (AvgIpc) is 3.10. The molecule has 0 atom stereocenters. The monoisotopic (exact) mass is 347 g/mol. The molecule has 0 unspecified atom stereocenters. The Morgan fingerprint density at radius 3 is 2.44 bits per heavy atom. The van der Waals surface area contributed by atoms with Gasteiger partial charge in [0.05, 0.1) is 11.8 Å². The van der Waals surface area contributed by atoms with Crippen LogP contribution in [0.1, 0.15) is 5.56 Å². The molecule has 3 heterocycles. The van der Waals surface area contributed by atoms with Crippen LogP contribution in [0.2, 0.25) is 0 Å². The van der Waals surface area contributed by atoms with E-state index in [1.807, 2.05) is 11.0 Å². The minimum Gasteiger partial charge on any atom is -0.368 e. The number of fused-ring (bicyclic) bond motifs is 1. The van der Waals surface area contributed by atoms with Crippen LogP contribution in [-0.4, -0.2) is 40.8 Å². The van der Waals surface area contributed by atoms with Crippen LogP contribution in [0.25, 0.3) is 5.52 Å². The first-order valence-electron chi connectivity index (χ1n) is 7.98. The zero-order chi connectivity index (χ0) is 17.4. The molecule has 4 rings (SSSR count). The minimum atomic E-state index is -4.32. The van der Waals surface area contributed by atoms with Gasteiger partial charge in [0.15, 0.2) is 5.82 Å². The highest BCUT2D eigenvalue weighted by Crippen LogP contribution is 2.32. The van der Waals surface area contributed by atoms with E-state index in [1.54, 1.807) is 29.2 Å². The van der Waals surface area contributed by atoms with Crippen molar-refractivity contribution in [1.29, 1.82) is 0 Å². The van der Waals surface area contributed by atoms with Gasteiger partial charge in [-0.05, 0) is 24.3 Å². The quantitative estimate of drug-likeness (QED) is 0.714. The summed E-state index contributed by atoms with van der Waals surface area (Å²) in [5.41, 5.74) is 0.915. The molecule has 0 bridgehead atoms. The van der Waals surface area contributed by atoms with Crippen molar-refractivity contribution < 1.29 is 13.2 Å². The molecule has 1 saturated heterocycles. The number of hydrogen-bond acceptors (Lipinski definition) is 4. The summed E-state index contributed by atoms with van der Waals surface area (Å²) < 4.78 is 40.4. The lowest BCUT2D eigenvalue weighted by molar-refractivity contribution is -0.137. The maximum absolute atomic E-state index is 12.9. The largest absolute Gasteiger partial charge is 0.416 e. The lowest BCUT2D eigenvalue weighted by atomic mass is 10.1. The van der Waals surface area contributed by atoms with Gasteiger partial charge in [-0.1, -0.05) is 6.07 Å². The predicted octanol–water partition coefficient (Wildman–Crippen LogP) is 3.07. The molecule has 1 aliphatic rings. The van der Waals surface area contributed by atoms with E-state index in [0.29, 0.717) is 31.9 Å². The highest BCUT2D eigenvalue weighted by Gasteiger charge is 2.31. The standard InChI is InChI=1S/C17H16F3N5/c18-17(19,20)13-2-1-3-14(12-13)23-8-10-24(11-9-23)16-15-4-5-22-25(15)7-6-21-16/h1-7,12H,8-11H2. The molecule has 3 aromatic rings. The lowest BCUT2D eigenvalue weighted by Crippen LogP contribution is -2.47. The molecule has 0 aliphatic carbocycles. The molecule has 0 radical (unpaired) electrons. The molecule has 8 heteroatoms. The van der Waals surface area contributed by atoms with Crippen molar-refractivity contribution in [3.8, 4) is 0 Å². The van der Waals surface area contributed by atoms with Gasteiger partial charge < -0.3 is 9.80 Å². The Morgan fingerprint density at radius 2 is 1.68 bits per heavy atom. The maximum atomic E-state index is 12.9. The van der Waals surface area contributed by atoms with Gasteiger partial charge in [0.25, 0.3) is 0 Å². The van der Waals surface area contributed by atoms with E-state index in [0.717, 1.165) is 17.4 Å². The van der Waals surface area contributed by atoms with Gasteiger partial charge in [-0.3, -0.25) is 0 Å². The second-order valence-electron chi connectivity index (χ2n) is 5.93. The first-order chi connectivity index (χ1) is 12.0. The van der Waals surface area contributed by atoms with Gasteiger partial charge >= 0.3 is 6.18 Å². The van der Waals surface area contributed by atoms with Crippen molar-refractivity contribution in [2.45, 2.75) is 6.18 Å². The smallest absolute Gasteiger partial charge is 0.368 e. The highest BCUT2D eigenvalue weighted by molar-refractivity contribution is 5.68. The normalized spacial score (nSPS) is 15.8. The predicted molar refractivity (Wildman–Crippen MR) is 88.9 cm³/mol. The van der Waals surface area contributed by atoms with Crippen molar-refractivity contribution in [2.24, 2.45) is 0 Å². The summed E-state index contributed by atoms with van der Waals surface area (Å²) in [6, 6.07) is 7.40. The maximum Gasteiger partial charge on any atom is 0.416 e. The molecule has 130 valence electrons. The number of alkyl halides is 3. The lowest BCUT2D eigenvalue weighted by Gasteiger charge is -2.37. The fourth-order valence-electron chi connectivity index (χ4n) is 3.14. The van der Waals surface area contributed by atoms with Crippen LogP contribution in [0.4, 0.5) is 24.7 Å². The van der Waals surface area contributed by atoms with Gasteiger partial charge in [0.2, 0.25) is 0 Å². The van der Waals surface area contributed by atoms with Gasteiger partial charge in [-0.15, -0.1) is 0 Å². The van der Waals surface area contributed by atoms with Crippen molar-refractivity contribution in [3.63, 3.8) is 0 Å². The average molecular weight is 347 g/mol. The summed E-state index contributed by atoms with van der Waals surface area (Å²) in [5, 5.41) is 4.20. The van der Waals surface area contributed by atoms with Crippen molar-refractivity contribution >= 4 is 17.0 Å². The van der Waals surface area contributed by atoms with E-state index < -0.39 is 11.7 Å². The molecule has 1 aromatic carbocycles. The molecule has 0 saturated carbocycles. The third-order valence-corrected chi connectivity index (χ3v) is 4.42. The van der Waals surface area contributed by atoms with Gasteiger partial charge in [-0.25, -0.2) is 9.50 Å². The third-order valence-electron chi connectivity index (χ3n) is 4.42. The second-order valence-corrected chi connectivity index (χ2v) is 5.93. The molecule has 0 amide bonds. The SMILES string of the molecule is FC(F)(F)c1cccc(N2CCN(c3nccn4nccc34)CC2)c1. The fourth-order valence-corrected chi connectivity index (χ4v) is 3.14. The van der Waals surface area contributed by atoms with E-state index >= 15 is 0 Å². The number of benzene rings is 1. The zero-order valence-corrected chi connectivity index (χ0v) is 13.3. The number of anilines is 2. The van der Waals surface area contributed by atoms with Gasteiger partial charge in [-0.2, -0.15) is 18.3 Å². The molecular formula is C17H16F3N5. The first-order valence-corrected chi connectivity index (χ1v) is 7.98.